The van der Waals surface area contributed by atoms with Crippen molar-refractivity contribution in [2.24, 2.45) is 11.8 Å². The van der Waals surface area contributed by atoms with Crippen LogP contribution in [-0.2, 0) is 11.3 Å². The quantitative estimate of drug-likeness (QED) is 0.640. The molecule has 0 amide bonds. The van der Waals surface area contributed by atoms with Gasteiger partial charge in [-0.3, -0.25) is 9.80 Å². The summed E-state index contributed by atoms with van der Waals surface area (Å²) < 4.78 is 11.4. The Morgan fingerprint density at radius 3 is 2.50 bits per heavy atom. The van der Waals surface area contributed by atoms with Crippen LogP contribution in [0.3, 0.4) is 0 Å². The molecule has 0 aliphatic carbocycles. The number of nitrogens with zero attached hydrogens (tertiary/aromatic N) is 2. The minimum absolute atomic E-state index is 0. The number of ether oxygens (including phenoxy) is 2. The van der Waals surface area contributed by atoms with Crippen LogP contribution in [0, 0.1) is 11.8 Å². The zero-order valence-electron chi connectivity index (χ0n) is 16.7. The Labute approximate surface area is 181 Å². The molecule has 0 unspecified atom stereocenters. The monoisotopic (exact) mass is 431 g/mol. The summed E-state index contributed by atoms with van der Waals surface area (Å²) in [6.45, 7) is 11.9. The summed E-state index contributed by atoms with van der Waals surface area (Å²) in [5.74, 6) is 2.75. The van der Waals surface area contributed by atoms with Gasteiger partial charge in [0, 0.05) is 32.7 Å². The van der Waals surface area contributed by atoms with Gasteiger partial charge in [-0.1, -0.05) is 12.1 Å². The summed E-state index contributed by atoms with van der Waals surface area (Å²) in [4.78, 5) is 5.10. The van der Waals surface area contributed by atoms with Crippen molar-refractivity contribution in [2.75, 3.05) is 65.6 Å². The standard InChI is InChI=1S/C21H33N3O2.2ClH/c1(6-23-7-10-25-11-8-23)2-9-26-21-5-3-4-18(12-21)15-24-16-19-13-22-14-20(19)17-24;;/h3-5,12,19-20,22H,1-2,6-11,13-17H2;2*1H/t19-,20+;;. The minimum atomic E-state index is 0. The molecule has 2 atom stereocenters. The van der Waals surface area contributed by atoms with E-state index in [1.54, 1.807) is 0 Å². The normalized spacial score (nSPS) is 25.0. The number of morpholine rings is 1. The number of halogens is 2. The first-order valence-electron chi connectivity index (χ1n) is 10.3. The van der Waals surface area contributed by atoms with E-state index in [1.165, 1.54) is 44.7 Å². The van der Waals surface area contributed by atoms with Crippen LogP contribution in [0.25, 0.3) is 0 Å². The van der Waals surface area contributed by atoms with Crippen molar-refractivity contribution < 1.29 is 9.47 Å². The first kappa shape index (κ1) is 23.7. The van der Waals surface area contributed by atoms with Gasteiger partial charge in [-0.15, -0.1) is 24.8 Å². The fourth-order valence-electron chi connectivity index (χ4n) is 4.53. The van der Waals surface area contributed by atoms with E-state index in [0.29, 0.717) is 0 Å². The molecule has 7 heteroatoms. The number of hydrogen-bond acceptors (Lipinski definition) is 5. The molecule has 1 aromatic carbocycles. The molecular weight excluding hydrogens is 397 g/mol. The van der Waals surface area contributed by atoms with E-state index in [4.69, 9.17) is 9.47 Å². The summed E-state index contributed by atoms with van der Waals surface area (Å²) in [5, 5.41) is 3.52. The lowest BCUT2D eigenvalue weighted by Gasteiger charge is -2.26. The Morgan fingerprint density at radius 1 is 1.00 bits per heavy atom. The first-order valence-corrected chi connectivity index (χ1v) is 10.3. The molecule has 3 heterocycles. The zero-order valence-corrected chi connectivity index (χ0v) is 18.3. The van der Waals surface area contributed by atoms with Gasteiger partial charge in [0.1, 0.15) is 5.75 Å². The number of nitrogens with one attached hydrogen (secondary N) is 1. The Morgan fingerprint density at radius 2 is 1.75 bits per heavy atom. The highest BCUT2D eigenvalue weighted by Crippen LogP contribution is 2.28. The lowest BCUT2D eigenvalue weighted by molar-refractivity contribution is 0.0368. The van der Waals surface area contributed by atoms with Gasteiger partial charge >= 0.3 is 0 Å². The van der Waals surface area contributed by atoms with Crippen molar-refractivity contribution in [3.8, 4) is 5.75 Å². The number of rotatable bonds is 8. The Bertz CT molecular complexity index is 560. The predicted molar refractivity (Wildman–Crippen MR) is 118 cm³/mol. The van der Waals surface area contributed by atoms with Crippen LogP contribution >= 0.6 is 24.8 Å². The van der Waals surface area contributed by atoms with Crippen LogP contribution in [0.2, 0.25) is 0 Å². The maximum absolute atomic E-state index is 6.00. The maximum Gasteiger partial charge on any atom is 0.119 e. The van der Waals surface area contributed by atoms with Crippen LogP contribution in [0.4, 0.5) is 0 Å². The highest BCUT2D eigenvalue weighted by Gasteiger charge is 2.35. The third-order valence-corrected chi connectivity index (χ3v) is 6.01. The highest BCUT2D eigenvalue weighted by atomic mass is 35.5. The second kappa shape index (κ2) is 12.2. The molecule has 1 N–H and O–H groups in total. The SMILES string of the molecule is Cl.Cl.c1cc(CN2C[C@H]3CNC[C@H]3C2)cc(OCCCCN2CCOCC2)c1. The molecule has 28 heavy (non-hydrogen) atoms. The number of unbranched alkanes of at least 4 members (excludes halogenated alkanes) is 1. The van der Waals surface area contributed by atoms with Crippen molar-refractivity contribution in [2.45, 2.75) is 19.4 Å². The molecule has 0 spiro atoms. The van der Waals surface area contributed by atoms with Gasteiger partial charge in [-0.25, -0.2) is 0 Å². The van der Waals surface area contributed by atoms with Crippen LogP contribution in [0.15, 0.2) is 24.3 Å². The zero-order chi connectivity index (χ0) is 17.6. The summed E-state index contributed by atoms with van der Waals surface area (Å²) in [5.41, 5.74) is 1.38. The molecule has 3 aliphatic rings. The molecule has 0 radical (unpaired) electrons. The average Bonchev–Trinajstić information content (AvgIpc) is 3.24. The third kappa shape index (κ3) is 6.75. The Balaban J connectivity index is 0.00000140. The summed E-state index contributed by atoms with van der Waals surface area (Å²) in [7, 11) is 0. The second-order valence-electron chi connectivity index (χ2n) is 8.03. The van der Waals surface area contributed by atoms with Gasteiger partial charge in [0.25, 0.3) is 0 Å². The predicted octanol–water partition coefficient (Wildman–Crippen LogP) is 2.67. The highest BCUT2D eigenvalue weighted by molar-refractivity contribution is 5.85. The summed E-state index contributed by atoms with van der Waals surface area (Å²) >= 11 is 0. The third-order valence-electron chi connectivity index (χ3n) is 6.01. The molecule has 0 saturated carbocycles. The fourth-order valence-corrected chi connectivity index (χ4v) is 4.53. The molecule has 0 bridgehead atoms. The molecule has 4 rings (SSSR count). The largest absolute Gasteiger partial charge is 0.494 e. The van der Waals surface area contributed by atoms with E-state index in [-0.39, 0.29) is 24.8 Å². The van der Waals surface area contributed by atoms with Crippen molar-refractivity contribution in [1.29, 1.82) is 0 Å². The molecule has 3 saturated heterocycles. The summed E-state index contributed by atoms with van der Waals surface area (Å²) in [6.07, 6.45) is 2.31. The van der Waals surface area contributed by atoms with Gasteiger partial charge in [0.2, 0.25) is 0 Å². The van der Waals surface area contributed by atoms with Gasteiger partial charge in [0.05, 0.1) is 19.8 Å². The van der Waals surface area contributed by atoms with Gasteiger partial charge in [-0.2, -0.15) is 0 Å². The topological polar surface area (TPSA) is 37.0 Å². The van der Waals surface area contributed by atoms with Gasteiger partial charge < -0.3 is 14.8 Å². The molecule has 160 valence electrons. The Kier molecular flexibility index (Phi) is 10.3. The van der Waals surface area contributed by atoms with Crippen molar-refractivity contribution in [3.63, 3.8) is 0 Å². The molecule has 5 nitrogen and oxygen atoms in total. The first-order chi connectivity index (χ1) is 12.9. The minimum Gasteiger partial charge on any atom is -0.494 e. The van der Waals surface area contributed by atoms with E-state index in [2.05, 4.69) is 39.4 Å². The van der Waals surface area contributed by atoms with Crippen LogP contribution in [0.1, 0.15) is 18.4 Å². The smallest absolute Gasteiger partial charge is 0.119 e. The molecular formula is C21H35Cl2N3O2. The number of fused-ring (bicyclic) bond motifs is 1. The van der Waals surface area contributed by atoms with Crippen LogP contribution < -0.4 is 10.1 Å². The van der Waals surface area contributed by atoms with E-state index < -0.39 is 0 Å². The number of likely N-dealkylation sites (tertiary alicyclic amines) is 1. The maximum atomic E-state index is 6.00. The molecule has 0 aromatic heterocycles. The van der Waals surface area contributed by atoms with Gasteiger partial charge in [-0.05, 0) is 62.0 Å². The lowest BCUT2D eigenvalue weighted by atomic mass is 10.0. The van der Waals surface area contributed by atoms with Crippen molar-refractivity contribution in [1.82, 2.24) is 15.1 Å². The van der Waals surface area contributed by atoms with Crippen molar-refractivity contribution >= 4 is 24.8 Å². The van der Waals surface area contributed by atoms with Crippen LogP contribution in [0.5, 0.6) is 5.75 Å². The van der Waals surface area contributed by atoms with Gasteiger partial charge in [0.15, 0.2) is 0 Å². The van der Waals surface area contributed by atoms with E-state index in [1.807, 2.05) is 0 Å². The number of hydrogen-bond donors (Lipinski definition) is 1. The fraction of sp³-hybridized carbons (Fsp3) is 0.714. The lowest BCUT2D eigenvalue weighted by Crippen LogP contribution is -2.36. The van der Waals surface area contributed by atoms with E-state index >= 15 is 0 Å². The van der Waals surface area contributed by atoms with Crippen molar-refractivity contribution in [3.05, 3.63) is 29.8 Å². The molecule has 1 aromatic rings. The number of benzene rings is 1. The Hall–Kier alpha value is -0.560. The van der Waals surface area contributed by atoms with E-state index in [0.717, 1.165) is 63.5 Å². The molecule has 3 aliphatic heterocycles. The molecule has 3 fully saturated rings. The second-order valence-corrected chi connectivity index (χ2v) is 8.03. The van der Waals surface area contributed by atoms with Crippen LogP contribution in [-0.4, -0.2) is 75.4 Å². The average molecular weight is 432 g/mol. The van der Waals surface area contributed by atoms with E-state index in [9.17, 15) is 0 Å². The summed E-state index contributed by atoms with van der Waals surface area (Å²) in [6, 6.07) is 8.69.